The summed E-state index contributed by atoms with van der Waals surface area (Å²) in [5.41, 5.74) is 0.395. The molecule has 0 aromatic heterocycles. The molecule has 4 rings (SSSR count). The largest absolute Gasteiger partial charge is 0.463 e. The molecule has 0 heterocycles. The lowest BCUT2D eigenvalue weighted by molar-refractivity contribution is -0.160. The summed E-state index contributed by atoms with van der Waals surface area (Å²) in [5, 5.41) is 10.4. The second-order valence-corrected chi connectivity index (χ2v) is 14.0. The standard InChI is InChI=1S/C30H52O3/c1-19(8-9-20(2)28(4,5)32)25-12-13-26-24-11-10-22-18-23(33-21(3)31)14-16-29(22,6)27(24)15-17-30(25,26)7/h19-20,22-27,32H,8-18H2,1-7H3/t19-,20-,22+,23+,24+,25-,26+,27+,29+,30-/m1/s1. The number of aliphatic hydroxyl groups is 1. The van der Waals surface area contributed by atoms with Crippen molar-refractivity contribution in [1.29, 1.82) is 0 Å². The van der Waals surface area contributed by atoms with E-state index in [4.69, 9.17) is 4.74 Å². The zero-order valence-corrected chi connectivity index (χ0v) is 22.7. The van der Waals surface area contributed by atoms with E-state index in [1.165, 1.54) is 51.4 Å². The first-order valence-corrected chi connectivity index (χ1v) is 14.3. The van der Waals surface area contributed by atoms with Crippen LogP contribution in [-0.4, -0.2) is 22.8 Å². The summed E-state index contributed by atoms with van der Waals surface area (Å²) in [4.78, 5) is 11.5. The number of hydrogen-bond donors (Lipinski definition) is 1. The molecule has 0 spiro atoms. The van der Waals surface area contributed by atoms with E-state index < -0.39 is 5.60 Å². The number of hydrogen-bond acceptors (Lipinski definition) is 3. The van der Waals surface area contributed by atoms with Crippen LogP contribution >= 0.6 is 0 Å². The predicted octanol–water partition coefficient (Wildman–Crippen LogP) is 7.40. The first-order chi connectivity index (χ1) is 15.4. The van der Waals surface area contributed by atoms with Gasteiger partial charge in [-0.25, -0.2) is 0 Å². The van der Waals surface area contributed by atoms with Crippen molar-refractivity contribution in [3.8, 4) is 0 Å². The molecule has 0 aromatic rings. The van der Waals surface area contributed by atoms with Crippen LogP contribution in [0.1, 0.15) is 119 Å². The van der Waals surface area contributed by atoms with Gasteiger partial charge in [-0.3, -0.25) is 4.79 Å². The average Bonchev–Trinajstić information content (AvgIpc) is 3.08. The number of rotatable bonds is 6. The number of carbonyl (C=O) groups is 1. The highest BCUT2D eigenvalue weighted by Crippen LogP contribution is 2.68. The maximum absolute atomic E-state index is 11.5. The summed E-state index contributed by atoms with van der Waals surface area (Å²) in [7, 11) is 0. The highest BCUT2D eigenvalue weighted by atomic mass is 16.5. The highest BCUT2D eigenvalue weighted by molar-refractivity contribution is 5.66. The third-order valence-corrected chi connectivity index (χ3v) is 12.0. The Hall–Kier alpha value is -0.570. The zero-order valence-electron chi connectivity index (χ0n) is 22.7. The third-order valence-electron chi connectivity index (χ3n) is 12.0. The van der Waals surface area contributed by atoms with Crippen molar-refractivity contribution in [2.24, 2.45) is 52.3 Å². The minimum atomic E-state index is -0.567. The first kappa shape index (κ1) is 25.5. The molecule has 0 aromatic carbocycles. The molecule has 4 aliphatic carbocycles. The van der Waals surface area contributed by atoms with Crippen molar-refractivity contribution in [2.75, 3.05) is 0 Å². The molecular weight excluding hydrogens is 408 g/mol. The fourth-order valence-electron chi connectivity index (χ4n) is 9.60. The minimum Gasteiger partial charge on any atom is -0.463 e. The Morgan fingerprint density at radius 2 is 1.64 bits per heavy atom. The normalized spacial score (nSPS) is 44.8. The Morgan fingerprint density at radius 3 is 2.30 bits per heavy atom. The van der Waals surface area contributed by atoms with E-state index in [1.54, 1.807) is 6.92 Å². The van der Waals surface area contributed by atoms with Crippen molar-refractivity contribution in [1.82, 2.24) is 0 Å². The zero-order chi connectivity index (χ0) is 24.2. The van der Waals surface area contributed by atoms with Gasteiger partial charge in [0.25, 0.3) is 0 Å². The number of carbonyl (C=O) groups excluding carboxylic acids is 1. The van der Waals surface area contributed by atoms with E-state index in [9.17, 15) is 9.90 Å². The summed E-state index contributed by atoms with van der Waals surface area (Å²) < 4.78 is 5.65. The van der Waals surface area contributed by atoms with E-state index in [2.05, 4.69) is 27.7 Å². The molecule has 0 amide bonds. The Bertz CT molecular complexity index is 710. The molecule has 4 saturated carbocycles. The molecular formula is C30H52O3. The lowest BCUT2D eigenvalue weighted by Gasteiger charge is -2.61. The van der Waals surface area contributed by atoms with Crippen LogP contribution in [-0.2, 0) is 9.53 Å². The number of fused-ring (bicyclic) bond motifs is 5. The van der Waals surface area contributed by atoms with Crippen LogP contribution < -0.4 is 0 Å². The topological polar surface area (TPSA) is 46.5 Å². The van der Waals surface area contributed by atoms with Crippen molar-refractivity contribution in [3.63, 3.8) is 0 Å². The van der Waals surface area contributed by atoms with Crippen molar-refractivity contribution < 1.29 is 14.6 Å². The molecule has 0 bridgehead atoms. The summed E-state index contributed by atoms with van der Waals surface area (Å²) in [6.07, 6.45) is 14.4. The van der Waals surface area contributed by atoms with Crippen molar-refractivity contribution in [3.05, 3.63) is 0 Å². The molecule has 10 atom stereocenters. The molecule has 3 nitrogen and oxygen atoms in total. The van der Waals surface area contributed by atoms with Gasteiger partial charge in [0.2, 0.25) is 0 Å². The summed E-state index contributed by atoms with van der Waals surface area (Å²) in [6, 6.07) is 0. The smallest absolute Gasteiger partial charge is 0.302 e. The van der Waals surface area contributed by atoms with Crippen molar-refractivity contribution >= 4 is 5.97 Å². The lowest BCUT2D eigenvalue weighted by Crippen LogP contribution is -2.54. The van der Waals surface area contributed by atoms with Gasteiger partial charge in [-0.15, -0.1) is 0 Å². The summed E-state index contributed by atoms with van der Waals surface area (Å²) in [6.45, 7) is 15.5. The first-order valence-electron chi connectivity index (χ1n) is 14.3. The highest BCUT2D eigenvalue weighted by Gasteiger charge is 2.60. The molecule has 0 radical (unpaired) electrons. The number of ether oxygens (including phenoxy) is 1. The second kappa shape index (κ2) is 9.14. The Kier molecular flexibility index (Phi) is 7.07. The quantitative estimate of drug-likeness (QED) is 0.420. The van der Waals surface area contributed by atoms with Gasteiger partial charge >= 0.3 is 5.97 Å². The molecule has 0 aliphatic heterocycles. The second-order valence-electron chi connectivity index (χ2n) is 14.0. The van der Waals surface area contributed by atoms with Gasteiger partial charge in [-0.1, -0.05) is 34.1 Å². The lowest BCUT2D eigenvalue weighted by atomic mass is 9.44. The van der Waals surface area contributed by atoms with Gasteiger partial charge in [-0.05, 0) is 130 Å². The fourth-order valence-corrected chi connectivity index (χ4v) is 9.60. The fraction of sp³-hybridized carbons (Fsp3) is 0.967. The van der Waals surface area contributed by atoms with E-state index in [-0.39, 0.29) is 12.1 Å². The molecule has 0 unspecified atom stereocenters. The van der Waals surface area contributed by atoms with Gasteiger partial charge < -0.3 is 9.84 Å². The molecule has 1 N–H and O–H groups in total. The van der Waals surface area contributed by atoms with Crippen LogP contribution in [0.3, 0.4) is 0 Å². The Balaban J connectivity index is 1.42. The van der Waals surface area contributed by atoms with Crippen molar-refractivity contribution in [2.45, 2.75) is 131 Å². The number of esters is 1. The molecule has 4 fully saturated rings. The monoisotopic (exact) mass is 460 g/mol. The van der Waals surface area contributed by atoms with Gasteiger partial charge in [0.05, 0.1) is 5.60 Å². The third kappa shape index (κ3) is 4.66. The van der Waals surface area contributed by atoms with Crippen LogP contribution in [0.25, 0.3) is 0 Å². The van der Waals surface area contributed by atoms with Crippen LogP contribution in [0.15, 0.2) is 0 Å². The van der Waals surface area contributed by atoms with Crippen LogP contribution in [0.5, 0.6) is 0 Å². The molecule has 190 valence electrons. The molecule has 0 saturated heterocycles. The van der Waals surface area contributed by atoms with Crippen LogP contribution in [0.2, 0.25) is 0 Å². The molecule has 33 heavy (non-hydrogen) atoms. The minimum absolute atomic E-state index is 0.103. The van der Waals surface area contributed by atoms with Gasteiger partial charge in [0.1, 0.15) is 6.10 Å². The van der Waals surface area contributed by atoms with Gasteiger partial charge in [0, 0.05) is 6.92 Å². The van der Waals surface area contributed by atoms with Crippen LogP contribution in [0.4, 0.5) is 0 Å². The maximum Gasteiger partial charge on any atom is 0.302 e. The van der Waals surface area contributed by atoms with Crippen LogP contribution in [0, 0.1) is 52.3 Å². The molecule has 4 aliphatic rings. The predicted molar refractivity (Wildman–Crippen MR) is 135 cm³/mol. The average molecular weight is 461 g/mol. The summed E-state index contributed by atoms with van der Waals surface area (Å²) in [5.74, 6) is 5.28. The Labute approximate surface area is 203 Å². The van der Waals surface area contributed by atoms with Gasteiger partial charge in [0.15, 0.2) is 0 Å². The van der Waals surface area contributed by atoms with E-state index in [0.29, 0.717) is 16.7 Å². The maximum atomic E-state index is 11.5. The van der Waals surface area contributed by atoms with E-state index in [0.717, 1.165) is 54.8 Å². The van der Waals surface area contributed by atoms with E-state index >= 15 is 0 Å². The van der Waals surface area contributed by atoms with Gasteiger partial charge in [-0.2, -0.15) is 0 Å². The van der Waals surface area contributed by atoms with E-state index in [1.807, 2.05) is 13.8 Å². The Morgan fingerprint density at radius 1 is 0.970 bits per heavy atom. The molecule has 3 heteroatoms. The summed E-state index contributed by atoms with van der Waals surface area (Å²) >= 11 is 0. The SMILES string of the molecule is CC(=O)O[C@H]1CC[C@@]2(C)[C@@H](CC[C@@H]3[C@@H]2CC[C@]2(C)[C@@H]([C@H](C)CC[C@@H](C)C(C)(C)O)CC[C@@H]32)C1.